The standard InChI is InChI=1S/C23H17N3O.C18H15N3O.C6H5.2C2H6.Y/c1-14-17-13-16(15-7-3-2-4-8-15)11-12-18(17)26-23(27)21(14)22-24-19-9-5-6-10-20(19)25-22;1-10-7-8-13-12(9-10)11(2)16(18(22)21-13)17-19-14-5-3-4-6-15(14)20-17;1-2-4-6-5-3-1;2*1-2;/h2-13H,1H3,(H,24,25)(H,26,27);3-9H,1-2H3,(H,19,20)(H,21,22);1-5H;2*1-2H3;/q;;-1;;;. The first-order valence-electron chi connectivity index (χ1n) is 20.0. The predicted octanol–water partition coefficient (Wildman–Crippen LogP) is 12.3. The Kier molecular flexibility index (Phi) is 15.8. The van der Waals surface area contributed by atoms with Crippen LogP contribution in [0.15, 0.2) is 155 Å². The van der Waals surface area contributed by atoms with E-state index in [0.717, 1.165) is 66.1 Å². The minimum atomic E-state index is -0.133. The summed E-state index contributed by atoms with van der Waals surface area (Å²) >= 11 is 0. The van der Waals surface area contributed by atoms with Crippen molar-refractivity contribution in [1.29, 1.82) is 0 Å². The SMILES string of the molecule is CC.CC.Cc1c(-c2nc3ccccc3[nH]2)c(=O)[nH]c2ccc(-c3ccccc3)cc12.Cc1ccc2[nH]c(=O)c(-c3nc4ccccc4[nH]3)c(C)c2c1.[Y].[c-]1ccccc1. The maximum Gasteiger partial charge on any atom is 0.259 e. The van der Waals surface area contributed by atoms with Gasteiger partial charge in [-0.1, -0.05) is 100.0 Å². The van der Waals surface area contributed by atoms with Crippen LogP contribution in [0.3, 0.4) is 0 Å². The van der Waals surface area contributed by atoms with Crippen molar-refractivity contribution in [3.8, 4) is 33.9 Å². The van der Waals surface area contributed by atoms with Crippen molar-refractivity contribution < 1.29 is 32.7 Å². The number of para-hydroxylation sites is 4. The van der Waals surface area contributed by atoms with Gasteiger partial charge >= 0.3 is 0 Å². The minimum Gasteiger partial charge on any atom is -0.338 e. The fourth-order valence-corrected chi connectivity index (χ4v) is 6.89. The van der Waals surface area contributed by atoms with Crippen LogP contribution in [0.25, 0.3) is 77.8 Å². The second-order valence-corrected chi connectivity index (χ2v) is 13.4. The molecule has 0 saturated heterocycles. The average molecular weight is 867 g/mol. The molecule has 0 atom stereocenters. The van der Waals surface area contributed by atoms with E-state index in [1.54, 1.807) is 0 Å². The molecule has 4 heterocycles. The Bertz CT molecular complexity index is 2980. The number of nitrogens with one attached hydrogen (secondary N) is 4. The van der Waals surface area contributed by atoms with Gasteiger partial charge in [-0.3, -0.25) is 9.59 Å². The van der Waals surface area contributed by atoms with Gasteiger partial charge in [0.1, 0.15) is 11.6 Å². The second-order valence-electron chi connectivity index (χ2n) is 13.4. The third-order valence-electron chi connectivity index (χ3n) is 9.67. The van der Waals surface area contributed by atoms with E-state index in [1.165, 1.54) is 5.56 Å². The van der Waals surface area contributed by atoms with Crippen LogP contribution in [0.4, 0.5) is 0 Å². The summed E-state index contributed by atoms with van der Waals surface area (Å²) in [5, 5.41) is 2.07. The van der Waals surface area contributed by atoms with E-state index in [4.69, 9.17) is 0 Å². The Morgan fingerprint density at radius 1 is 0.450 bits per heavy atom. The molecule has 9 heteroatoms. The quantitative estimate of drug-likeness (QED) is 0.132. The van der Waals surface area contributed by atoms with Gasteiger partial charge in [-0.25, -0.2) is 9.97 Å². The van der Waals surface area contributed by atoms with E-state index in [0.29, 0.717) is 22.8 Å². The summed E-state index contributed by atoms with van der Waals surface area (Å²) in [7, 11) is 0. The Morgan fingerprint density at radius 3 is 1.37 bits per heavy atom. The largest absolute Gasteiger partial charge is 0.338 e. The van der Waals surface area contributed by atoms with Crippen molar-refractivity contribution in [3.63, 3.8) is 0 Å². The van der Waals surface area contributed by atoms with Gasteiger partial charge in [-0.05, 0) is 91.6 Å². The van der Waals surface area contributed by atoms with Crippen LogP contribution in [-0.2, 0) is 32.7 Å². The predicted molar refractivity (Wildman–Crippen MR) is 247 cm³/mol. The van der Waals surface area contributed by atoms with E-state index >= 15 is 0 Å². The van der Waals surface area contributed by atoms with Gasteiger partial charge in [-0.2, -0.15) is 36.4 Å². The smallest absolute Gasteiger partial charge is 0.259 e. The van der Waals surface area contributed by atoms with Gasteiger partial charge in [0.25, 0.3) is 11.1 Å². The average Bonchev–Trinajstić information content (AvgIpc) is 3.91. The van der Waals surface area contributed by atoms with Crippen LogP contribution in [-0.4, -0.2) is 29.9 Å². The number of H-pyrrole nitrogens is 4. The molecule has 0 aliphatic carbocycles. The molecule has 4 N–H and O–H groups in total. The third kappa shape index (κ3) is 9.96. The summed E-state index contributed by atoms with van der Waals surface area (Å²) in [6.07, 6.45) is 0. The molecular formula is C51H49N6O2Y-. The van der Waals surface area contributed by atoms with E-state index in [2.05, 4.69) is 60.2 Å². The molecule has 1 radical (unpaired) electrons. The van der Waals surface area contributed by atoms with Crippen molar-refractivity contribution >= 4 is 43.9 Å². The molecular weight excluding hydrogens is 818 g/mol. The summed E-state index contributed by atoms with van der Waals surface area (Å²) in [5.41, 5.74) is 11.5. The molecule has 0 unspecified atom stereocenters. The van der Waals surface area contributed by atoms with Crippen molar-refractivity contribution in [2.75, 3.05) is 0 Å². The Labute approximate surface area is 375 Å². The summed E-state index contributed by atoms with van der Waals surface area (Å²) in [6, 6.07) is 50.5. The molecule has 8 nitrogen and oxygen atoms in total. The number of imidazole rings is 2. The van der Waals surface area contributed by atoms with Crippen LogP contribution in [0, 0.1) is 26.8 Å². The molecule has 10 rings (SSSR count). The van der Waals surface area contributed by atoms with Gasteiger partial charge in [0.15, 0.2) is 0 Å². The number of hydrogen-bond acceptors (Lipinski definition) is 4. The number of rotatable bonds is 3. The first kappa shape index (κ1) is 44.9. The fourth-order valence-electron chi connectivity index (χ4n) is 6.89. The molecule has 60 heavy (non-hydrogen) atoms. The second kappa shape index (κ2) is 21.2. The molecule has 0 spiro atoms. The minimum absolute atomic E-state index is 0. The molecule has 10 aromatic rings. The van der Waals surface area contributed by atoms with Crippen LogP contribution < -0.4 is 11.1 Å². The molecule has 0 bridgehead atoms. The summed E-state index contributed by atoms with van der Waals surface area (Å²) < 4.78 is 0. The number of aromatic amines is 4. The monoisotopic (exact) mass is 866 g/mol. The topological polar surface area (TPSA) is 123 Å². The first-order chi connectivity index (χ1) is 28.8. The van der Waals surface area contributed by atoms with Crippen molar-refractivity contribution in [3.05, 3.63) is 189 Å². The molecule has 299 valence electrons. The fraction of sp³-hybridized carbons (Fsp3) is 0.137. The summed E-state index contributed by atoms with van der Waals surface area (Å²) in [5.74, 6) is 1.21. The van der Waals surface area contributed by atoms with Crippen LogP contribution in [0.5, 0.6) is 0 Å². The molecule has 0 aliphatic rings. The van der Waals surface area contributed by atoms with Gasteiger partial charge < -0.3 is 19.9 Å². The summed E-state index contributed by atoms with van der Waals surface area (Å²) in [4.78, 5) is 46.9. The zero-order valence-electron chi connectivity index (χ0n) is 35.1. The van der Waals surface area contributed by atoms with Gasteiger partial charge in [0.05, 0.1) is 33.2 Å². The van der Waals surface area contributed by atoms with E-state index in [1.807, 2.05) is 170 Å². The molecule has 0 aliphatic heterocycles. The molecule has 0 saturated carbocycles. The number of aryl methyl sites for hydroxylation is 3. The number of fused-ring (bicyclic) bond motifs is 4. The number of pyridine rings is 2. The number of nitrogens with zero attached hydrogens (tertiary/aromatic N) is 2. The Hall–Kier alpha value is -6.22. The van der Waals surface area contributed by atoms with E-state index in [9.17, 15) is 9.59 Å². The maximum absolute atomic E-state index is 12.8. The first-order valence-corrected chi connectivity index (χ1v) is 20.0. The zero-order valence-corrected chi connectivity index (χ0v) is 38.0. The van der Waals surface area contributed by atoms with E-state index < -0.39 is 0 Å². The molecule has 4 aromatic heterocycles. The van der Waals surface area contributed by atoms with Crippen molar-refractivity contribution in [2.45, 2.75) is 48.5 Å². The van der Waals surface area contributed by atoms with E-state index in [-0.39, 0.29) is 43.8 Å². The summed E-state index contributed by atoms with van der Waals surface area (Å²) in [6.45, 7) is 14.0. The zero-order chi connectivity index (χ0) is 41.9. The van der Waals surface area contributed by atoms with Crippen LogP contribution in [0.2, 0.25) is 0 Å². The molecule has 6 aromatic carbocycles. The van der Waals surface area contributed by atoms with Gasteiger partial charge in [0.2, 0.25) is 0 Å². The molecule has 0 fully saturated rings. The van der Waals surface area contributed by atoms with Gasteiger partial charge in [0, 0.05) is 54.5 Å². The maximum atomic E-state index is 12.8. The van der Waals surface area contributed by atoms with Crippen molar-refractivity contribution in [1.82, 2.24) is 29.9 Å². The van der Waals surface area contributed by atoms with Crippen LogP contribution in [0.1, 0.15) is 44.4 Å². The van der Waals surface area contributed by atoms with Crippen LogP contribution >= 0.6 is 0 Å². The van der Waals surface area contributed by atoms with Crippen molar-refractivity contribution in [2.24, 2.45) is 0 Å². The Morgan fingerprint density at radius 2 is 0.900 bits per heavy atom. The Balaban J connectivity index is 0.000000186. The molecule has 0 amide bonds. The third-order valence-corrected chi connectivity index (χ3v) is 9.67. The normalized spacial score (nSPS) is 10.2. The number of aromatic nitrogens is 6. The number of hydrogen-bond donors (Lipinski definition) is 4. The number of benzene rings is 6. The van der Waals surface area contributed by atoms with Gasteiger partial charge in [-0.15, -0.1) is 0 Å².